The van der Waals surface area contributed by atoms with Gasteiger partial charge in [0.25, 0.3) is 0 Å². The molecule has 0 radical (unpaired) electrons. The molecule has 0 aliphatic rings. The van der Waals surface area contributed by atoms with Gasteiger partial charge < -0.3 is 10.1 Å². The molecule has 2 rings (SSSR count). The molecule has 0 saturated heterocycles. The van der Waals surface area contributed by atoms with E-state index in [1.807, 2.05) is 26.0 Å². The van der Waals surface area contributed by atoms with Crippen LogP contribution < -0.4 is 0 Å². The summed E-state index contributed by atoms with van der Waals surface area (Å²) in [5.41, 5.74) is 2.77. The molecule has 0 aromatic carbocycles. The molecule has 2 heterocycles. The lowest BCUT2D eigenvalue weighted by molar-refractivity contribution is -0.137. The van der Waals surface area contributed by atoms with E-state index in [0.29, 0.717) is 5.82 Å². The second-order valence-corrected chi connectivity index (χ2v) is 4.33. The quantitative estimate of drug-likeness (QED) is 0.866. The van der Waals surface area contributed by atoms with Crippen LogP contribution in [0.3, 0.4) is 0 Å². The van der Waals surface area contributed by atoms with Crippen molar-refractivity contribution in [3.63, 3.8) is 0 Å². The molecule has 0 spiro atoms. The van der Waals surface area contributed by atoms with Crippen molar-refractivity contribution in [2.24, 2.45) is 0 Å². The summed E-state index contributed by atoms with van der Waals surface area (Å²) < 4.78 is 0. The summed E-state index contributed by atoms with van der Waals surface area (Å²) in [6.07, 6.45) is 3.50. The zero-order valence-electron chi connectivity index (χ0n) is 10.3. The number of aromatic nitrogens is 3. The van der Waals surface area contributed by atoms with Crippen molar-refractivity contribution >= 4 is 5.97 Å². The highest BCUT2D eigenvalue weighted by Crippen LogP contribution is 2.24. The fraction of sp³-hybridized carbons (Fsp3) is 0.308. The normalized spacial score (nSPS) is 12.3. The number of carboxylic acid groups (broad SMARTS) is 1. The number of hydrogen-bond donors (Lipinski definition) is 2. The fourth-order valence-electron chi connectivity index (χ4n) is 1.87. The zero-order valence-corrected chi connectivity index (χ0v) is 10.3. The summed E-state index contributed by atoms with van der Waals surface area (Å²) >= 11 is 0. The Hall–Kier alpha value is -2.17. The minimum atomic E-state index is -0.818. The number of H-pyrrole nitrogens is 1. The molecule has 5 nitrogen and oxygen atoms in total. The van der Waals surface area contributed by atoms with E-state index in [9.17, 15) is 4.79 Å². The smallest absolute Gasteiger partial charge is 0.304 e. The number of nitrogens with zero attached hydrogens (tertiary/aromatic N) is 2. The second-order valence-electron chi connectivity index (χ2n) is 4.33. The lowest BCUT2D eigenvalue weighted by atomic mass is 10.1. The van der Waals surface area contributed by atoms with Gasteiger partial charge in [0.2, 0.25) is 0 Å². The Morgan fingerprint density at radius 1 is 1.44 bits per heavy atom. The van der Waals surface area contributed by atoms with E-state index < -0.39 is 5.97 Å². The average molecular weight is 245 g/mol. The maximum Gasteiger partial charge on any atom is 0.304 e. The van der Waals surface area contributed by atoms with Crippen molar-refractivity contribution < 1.29 is 9.90 Å². The molecule has 1 unspecified atom stereocenters. The predicted octanol–water partition coefficient (Wildman–Crippen LogP) is 2.36. The number of carboxylic acids is 1. The first-order valence-corrected chi connectivity index (χ1v) is 5.76. The molecular formula is C13H15N3O2. The number of aliphatic carboxylic acids is 1. The molecule has 0 bridgehead atoms. The first-order chi connectivity index (χ1) is 8.58. The molecule has 0 saturated carbocycles. The van der Waals surface area contributed by atoms with Crippen molar-refractivity contribution in [3.05, 3.63) is 36.0 Å². The lowest BCUT2D eigenvalue weighted by Gasteiger charge is -2.03. The lowest BCUT2D eigenvalue weighted by Crippen LogP contribution is -2.04. The largest absolute Gasteiger partial charge is 0.481 e. The summed E-state index contributed by atoms with van der Waals surface area (Å²) in [6.45, 7) is 3.78. The SMILES string of the molecule is Cc1[nH]c(C(C)CC(=O)O)nc1-c1ccncc1. The van der Waals surface area contributed by atoms with Crippen LogP contribution in [0.4, 0.5) is 0 Å². The number of aromatic amines is 1. The summed E-state index contributed by atoms with van der Waals surface area (Å²) in [5, 5.41) is 8.79. The van der Waals surface area contributed by atoms with Gasteiger partial charge in [0.05, 0.1) is 12.1 Å². The first kappa shape index (κ1) is 12.3. The van der Waals surface area contributed by atoms with Crippen LogP contribution in [0.15, 0.2) is 24.5 Å². The Kier molecular flexibility index (Phi) is 3.41. The second kappa shape index (κ2) is 5.00. The fourth-order valence-corrected chi connectivity index (χ4v) is 1.87. The molecule has 1 atom stereocenters. The topological polar surface area (TPSA) is 78.9 Å². The standard InChI is InChI=1S/C13H15N3O2/c1-8(7-11(17)18)13-15-9(2)12(16-13)10-3-5-14-6-4-10/h3-6,8H,7H2,1-2H3,(H,15,16)(H,17,18). The van der Waals surface area contributed by atoms with Gasteiger partial charge in [0, 0.05) is 29.6 Å². The van der Waals surface area contributed by atoms with Crippen LogP contribution in [0.2, 0.25) is 0 Å². The van der Waals surface area contributed by atoms with E-state index in [-0.39, 0.29) is 12.3 Å². The van der Waals surface area contributed by atoms with Gasteiger partial charge in [-0.05, 0) is 19.1 Å². The van der Waals surface area contributed by atoms with Crippen molar-refractivity contribution in [1.82, 2.24) is 15.0 Å². The number of imidazole rings is 1. The van der Waals surface area contributed by atoms with Crippen molar-refractivity contribution in [3.8, 4) is 11.3 Å². The van der Waals surface area contributed by atoms with Gasteiger partial charge >= 0.3 is 5.97 Å². The van der Waals surface area contributed by atoms with Gasteiger partial charge in [0.1, 0.15) is 5.82 Å². The zero-order chi connectivity index (χ0) is 13.1. The molecule has 0 aliphatic carbocycles. The number of rotatable bonds is 4. The van der Waals surface area contributed by atoms with Gasteiger partial charge in [-0.1, -0.05) is 6.92 Å². The third-order valence-electron chi connectivity index (χ3n) is 2.80. The van der Waals surface area contributed by atoms with E-state index in [0.717, 1.165) is 17.0 Å². The van der Waals surface area contributed by atoms with Crippen LogP contribution in [0, 0.1) is 6.92 Å². The number of pyridine rings is 1. The molecule has 2 N–H and O–H groups in total. The van der Waals surface area contributed by atoms with Crippen molar-refractivity contribution in [2.45, 2.75) is 26.2 Å². The maximum absolute atomic E-state index is 10.7. The van der Waals surface area contributed by atoms with Crippen LogP contribution in [-0.2, 0) is 4.79 Å². The predicted molar refractivity (Wildman–Crippen MR) is 67.2 cm³/mol. The maximum atomic E-state index is 10.7. The summed E-state index contributed by atoms with van der Waals surface area (Å²) in [7, 11) is 0. The van der Waals surface area contributed by atoms with Crippen molar-refractivity contribution in [2.75, 3.05) is 0 Å². The first-order valence-electron chi connectivity index (χ1n) is 5.76. The molecular weight excluding hydrogens is 230 g/mol. The number of carbonyl (C=O) groups is 1. The molecule has 2 aromatic heterocycles. The minimum Gasteiger partial charge on any atom is -0.481 e. The van der Waals surface area contributed by atoms with Gasteiger partial charge in [-0.25, -0.2) is 4.98 Å². The molecule has 0 fully saturated rings. The Labute approximate surface area is 105 Å². The highest BCUT2D eigenvalue weighted by atomic mass is 16.4. The average Bonchev–Trinajstić information content (AvgIpc) is 2.72. The minimum absolute atomic E-state index is 0.0722. The van der Waals surface area contributed by atoms with Crippen LogP contribution in [0.25, 0.3) is 11.3 Å². The van der Waals surface area contributed by atoms with E-state index in [1.54, 1.807) is 12.4 Å². The number of nitrogens with one attached hydrogen (secondary N) is 1. The van der Waals surface area contributed by atoms with Gasteiger partial charge in [-0.2, -0.15) is 0 Å². The highest BCUT2D eigenvalue weighted by molar-refractivity contribution is 5.68. The van der Waals surface area contributed by atoms with E-state index in [4.69, 9.17) is 5.11 Å². The Bertz CT molecular complexity index is 549. The molecule has 0 aliphatic heterocycles. The van der Waals surface area contributed by atoms with Crippen LogP contribution in [-0.4, -0.2) is 26.0 Å². The van der Waals surface area contributed by atoms with Crippen LogP contribution >= 0.6 is 0 Å². The van der Waals surface area contributed by atoms with Gasteiger partial charge in [-0.3, -0.25) is 9.78 Å². The molecule has 94 valence electrons. The summed E-state index contributed by atoms with van der Waals surface area (Å²) in [5.74, 6) is -0.236. The van der Waals surface area contributed by atoms with Gasteiger partial charge in [-0.15, -0.1) is 0 Å². The van der Waals surface area contributed by atoms with Crippen LogP contribution in [0.5, 0.6) is 0 Å². The van der Waals surface area contributed by atoms with E-state index in [2.05, 4.69) is 15.0 Å². The van der Waals surface area contributed by atoms with Crippen molar-refractivity contribution in [1.29, 1.82) is 0 Å². The highest BCUT2D eigenvalue weighted by Gasteiger charge is 2.16. The van der Waals surface area contributed by atoms with E-state index >= 15 is 0 Å². The molecule has 2 aromatic rings. The molecule has 18 heavy (non-hydrogen) atoms. The van der Waals surface area contributed by atoms with E-state index in [1.165, 1.54) is 0 Å². The van der Waals surface area contributed by atoms with Gasteiger partial charge in [0.15, 0.2) is 0 Å². The Morgan fingerprint density at radius 2 is 2.11 bits per heavy atom. The van der Waals surface area contributed by atoms with Crippen LogP contribution in [0.1, 0.15) is 30.8 Å². The summed E-state index contributed by atoms with van der Waals surface area (Å²) in [4.78, 5) is 22.3. The number of aryl methyl sites for hydroxylation is 1. The monoisotopic (exact) mass is 245 g/mol. The third kappa shape index (κ3) is 2.56. The Morgan fingerprint density at radius 3 is 2.72 bits per heavy atom. The third-order valence-corrected chi connectivity index (χ3v) is 2.80. The molecule has 0 amide bonds. The number of hydrogen-bond acceptors (Lipinski definition) is 3. The summed E-state index contributed by atoms with van der Waals surface area (Å²) in [6, 6.07) is 3.77. The Balaban J connectivity index is 2.30. The molecule has 5 heteroatoms.